The molecule has 31 heavy (non-hydrogen) atoms. The van der Waals surface area contributed by atoms with Crippen molar-refractivity contribution >= 4 is 40.0 Å². The van der Waals surface area contributed by atoms with E-state index in [1.165, 1.54) is 18.7 Å². The molecule has 0 radical (unpaired) electrons. The predicted molar refractivity (Wildman–Crippen MR) is 118 cm³/mol. The van der Waals surface area contributed by atoms with E-state index in [-0.39, 0.29) is 29.8 Å². The zero-order valence-corrected chi connectivity index (χ0v) is 18.0. The number of anilines is 1. The van der Waals surface area contributed by atoms with Crippen molar-refractivity contribution < 1.29 is 19.1 Å². The topological polar surface area (TPSA) is 99.5 Å². The standard InChI is InChI=1S/C22H21N3O5S/c1-3-8-25-21(28)14-6-4-5-7-16(14)24-22(25)31-11-20(27)23-17-10-19-18(29-12-30-19)9-15(17)13(2)26/h4-7,9-10H,3,8,11-12H2,1-2H3,(H,23,27). The van der Waals surface area contributed by atoms with E-state index in [2.05, 4.69) is 10.3 Å². The lowest BCUT2D eigenvalue weighted by atomic mass is 10.1. The maximum Gasteiger partial charge on any atom is 0.262 e. The minimum absolute atomic E-state index is 0.0281. The van der Waals surface area contributed by atoms with Crippen LogP contribution in [0, 0.1) is 0 Å². The van der Waals surface area contributed by atoms with Gasteiger partial charge in [0.15, 0.2) is 22.4 Å². The number of carbonyl (C=O) groups is 2. The molecular formula is C22H21N3O5S. The van der Waals surface area contributed by atoms with Crippen molar-refractivity contribution in [2.75, 3.05) is 17.9 Å². The van der Waals surface area contributed by atoms with E-state index in [1.54, 1.807) is 34.9 Å². The van der Waals surface area contributed by atoms with E-state index in [9.17, 15) is 14.4 Å². The Morgan fingerprint density at radius 1 is 1.19 bits per heavy atom. The molecule has 0 saturated carbocycles. The van der Waals surface area contributed by atoms with Crippen molar-refractivity contribution in [2.45, 2.75) is 32.0 Å². The number of nitrogens with zero attached hydrogens (tertiary/aromatic N) is 2. The number of nitrogens with one attached hydrogen (secondary N) is 1. The van der Waals surface area contributed by atoms with Gasteiger partial charge in [-0.05, 0) is 31.5 Å². The number of hydrogen-bond acceptors (Lipinski definition) is 7. The van der Waals surface area contributed by atoms with Gasteiger partial charge in [0, 0.05) is 18.2 Å². The zero-order valence-electron chi connectivity index (χ0n) is 17.1. The molecule has 1 aliphatic heterocycles. The molecule has 2 heterocycles. The van der Waals surface area contributed by atoms with Crippen LogP contribution in [0.15, 0.2) is 46.3 Å². The molecule has 8 nitrogen and oxygen atoms in total. The summed E-state index contributed by atoms with van der Waals surface area (Å²) in [6, 6.07) is 10.3. The van der Waals surface area contributed by atoms with Crippen LogP contribution < -0.4 is 20.3 Å². The number of thioether (sulfide) groups is 1. The molecule has 0 spiro atoms. The second kappa shape index (κ2) is 8.81. The molecule has 0 bridgehead atoms. The van der Waals surface area contributed by atoms with Gasteiger partial charge in [-0.2, -0.15) is 0 Å². The van der Waals surface area contributed by atoms with E-state index in [0.29, 0.717) is 45.4 Å². The number of rotatable bonds is 7. The molecule has 1 aliphatic rings. The Hall–Kier alpha value is -3.33. The number of benzene rings is 2. The van der Waals surface area contributed by atoms with Crippen LogP contribution in [-0.4, -0.2) is 33.8 Å². The first-order valence-corrected chi connectivity index (χ1v) is 10.8. The van der Waals surface area contributed by atoms with Crippen molar-refractivity contribution in [1.82, 2.24) is 9.55 Å². The largest absolute Gasteiger partial charge is 0.454 e. The Morgan fingerprint density at radius 2 is 1.94 bits per heavy atom. The van der Waals surface area contributed by atoms with Crippen LogP contribution in [0.25, 0.3) is 10.9 Å². The molecule has 1 amide bonds. The summed E-state index contributed by atoms with van der Waals surface area (Å²) in [6.45, 7) is 3.98. The Bertz CT molecular complexity index is 1240. The van der Waals surface area contributed by atoms with Gasteiger partial charge >= 0.3 is 0 Å². The summed E-state index contributed by atoms with van der Waals surface area (Å²) in [4.78, 5) is 42.1. The maximum absolute atomic E-state index is 12.8. The van der Waals surface area contributed by atoms with Gasteiger partial charge in [0.25, 0.3) is 5.56 Å². The zero-order chi connectivity index (χ0) is 22.0. The monoisotopic (exact) mass is 439 g/mol. The van der Waals surface area contributed by atoms with Gasteiger partial charge in [-0.3, -0.25) is 19.0 Å². The first-order chi connectivity index (χ1) is 15.0. The molecule has 160 valence electrons. The molecule has 2 aromatic carbocycles. The summed E-state index contributed by atoms with van der Waals surface area (Å²) in [6.07, 6.45) is 0.763. The van der Waals surface area contributed by atoms with E-state index in [0.717, 1.165) is 6.42 Å². The van der Waals surface area contributed by atoms with Crippen molar-refractivity contribution in [2.24, 2.45) is 0 Å². The van der Waals surface area contributed by atoms with Crippen LogP contribution in [0.5, 0.6) is 11.5 Å². The highest BCUT2D eigenvalue weighted by Gasteiger charge is 2.21. The van der Waals surface area contributed by atoms with E-state index >= 15 is 0 Å². The van der Waals surface area contributed by atoms with Crippen molar-refractivity contribution in [3.63, 3.8) is 0 Å². The molecule has 0 unspecified atom stereocenters. The van der Waals surface area contributed by atoms with Gasteiger partial charge in [0.05, 0.1) is 22.3 Å². The molecule has 4 rings (SSSR count). The summed E-state index contributed by atoms with van der Waals surface area (Å²) >= 11 is 1.18. The lowest BCUT2D eigenvalue weighted by molar-refractivity contribution is -0.113. The molecule has 0 aliphatic carbocycles. The minimum atomic E-state index is -0.322. The van der Waals surface area contributed by atoms with Crippen LogP contribution in [0.3, 0.4) is 0 Å². The van der Waals surface area contributed by atoms with E-state index in [4.69, 9.17) is 9.47 Å². The fourth-order valence-electron chi connectivity index (χ4n) is 3.33. The quantitative estimate of drug-likeness (QED) is 0.342. The summed E-state index contributed by atoms with van der Waals surface area (Å²) in [7, 11) is 0. The maximum atomic E-state index is 12.8. The van der Waals surface area contributed by atoms with E-state index < -0.39 is 0 Å². The molecule has 1 aromatic heterocycles. The number of ether oxygens (including phenoxy) is 2. The first kappa shape index (κ1) is 20.9. The third kappa shape index (κ3) is 4.27. The molecule has 1 N–H and O–H groups in total. The second-order valence-corrected chi connectivity index (χ2v) is 7.95. The number of fused-ring (bicyclic) bond motifs is 2. The SMILES string of the molecule is CCCn1c(SCC(=O)Nc2cc3c(cc2C(C)=O)OCO3)nc2ccccc2c1=O. The fourth-order valence-corrected chi connectivity index (χ4v) is 4.16. The fraction of sp³-hybridized carbons (Fsp3) is 0.273. The summed E-state index contributed by atoms with van der Waals surface area (Å²) < 4.78 is 12.2. The number of hydrogen-bond donors (Lipinski definition) is 1. The molecular weight excluding hydrogens is 418 g/mol. The summed E-state index contributed by atoms with van der Waals surface area (Å²) in [5.74, 6) is 0.453. The highest BCUT2D eigenvalue weighted by Crippen LogP contribution is 2.37. The van der Waals surface area contributed by atoms with Gasteiger partial charge in [-0.25, -0.2) is 4.98 Å². The van der Waals surface area contributed by atoms with Crippen molar-refractivity contribution in [3.8, 4) is 11.5 Å². The smallest absolute Gasteiger partial charge is 0.262 e. The average Bonchev–Trinajstić information content (AvgIpc) is 3.21. The second-order valence-electron chi connectivity index (χ2n) is 7.01. The van der Waals surface area contributed by atoms with Gasteiger partial charge in [-0.1, -0.05) is 30.8 Å². The third-order valence-electron chi connectivity index (χ3n) is 4.77. The number of ketones is 1. The van der Waals surface area contributed by atoms with Crippen LogP contribution in [0.1, 0.15) is 30.6 Å². The van der Waals surface area contributed by atoms with Crippen LogP contribution >= 0.6 is 11.8 Å². The number of aromatic nitrogens is 2. The van der Waals surface area contributed by atoms with Crippen LogP contribution in [0.4, 0.5) is 5.69 Å². The summed E-state index contributed by atoms with van der Waals surface area (Å²) in [5.41, 5.74) is 1.18. The number of carbonyl (C=O) groups excluding carboxylic acids is 2. The lowest BCUT2D eigenvalue weighted by Gasteiger charge is -2.13. The van der Waals surface area contributed by atoms with Crippen molar-refractivity contribution in [3.05, 3.63) is 52.3 Å². The van der Waals surface area contributed by atoms with Gasteiger partial charge < -0.3 is 14.8 Å². The Morgan fingerprint density at radius 3 is 2.68 bits per heavy atom. The normalized spacial score (nSPS) is 12.2. The first-order valence-electron chi connectivity index (χ1n) is 9.84. The molecule has 0 saturated heterocycles. The Kier molecular flexibility index (Phi) is 5.94. The third-order valence-corrected chi connectivity index (χ3v) is 5.75. The van der Waals surface area contributed by atoms with E-state index in [1.807, 2.05) is 13.0 Å². The average molecular weight is 439 g/mol. The number of amides is 1. The molecule has 9 heteroatoms. The van der Waals surface area contributed by atoms with Crippen molar-refractivity contribution in [1.29, 1.82) is 0 Å². The highest BCUT2D eigenvalue weighted by atomic mass is 32.2. The van der Waals surface area contributed by atoms with Gasteiger partial charge in [-0.15, -0.1) is 0 Å². The van der Waals surface area contributed by atoms with Crippen LogP contribution in [0.2, 0.25) is 0 Å². The highest BCUT2D eigenvalue weighted by molar-refractivity contribution is 7.99. The molecule has 0 fully saturated rings. The summed E-state index contributed by atoms with van der Waals surface area (Å²) in [5, 5.41) is 3.80. The Balaban J connectivity index is 1.56. The van der Waals surface area contributed by atoms with Crippen LogP contribution in [-0.2, 0) is 11.3 Å². The lowest BCUT2D eigenvalue weighted by Crippen LogP contribution is -2.24. The minimum Gasteiger partial charge on any atom is -0.454 e. The van der Waals surface area contributed by atoms with Gasteiger partial charge in [0.1, 0.15) is 0 Å². The number of Topliss-reactive ketones (excluding diaryl/α,β-unsaturated/α-hetero) is 1. The molecule has 3 aromatic rings. The number of para-hydroxylation sites is 1. The Labute approximate surface area is 182 Å². The molecule has 0 atom stereocenters. The van der Waals surface area contributed by atoms with Gasteiger partial charge in [0.2, 0.25) is 12.7 Å². The predicted octanol–water partition coefficient (Wildman–Crippen LogP) is 3.47.